The molecule has 5 heteroatoms. The second-order valence-corrected chi connectivity index (χ2v) is 10.8. The molecule has 0 aliphatic carbocycles. The molecule has 0 N–H and O–H groups in total. The third-order valence-electron chi connectivity index (χ3n) is 7.12. The van der Waals surface area contributed by atoms with Crippen LogP contribution in [0.3, 0.4) is 0 Å². The van der Waals surface area contributed by atoms with Gasteiger partial charge in [0.15, 0.2) is 11.4 Å². The summed E-state index contributed by atoms with van der Waals surface area (Å²) in [5.74, 6) is 8.41. The van der Waals surface area contributed by atoms with Crippen molar-refractivity contribution < 1.29 is 13.6 Å². The van der Waals surface area contributed by atoms with Crippen molar-refractivity contribution in [3.05, 3.63) is 97.3 Å². The first-order valence-corrected chi connectivity index (χ1v) is 13.8. The van der Waals surface area contributed by atoms with Gasteiger partial charge in [-0.1, -0.05) is 11.8 Å². The molecule has 3 aliphatic heterocycles. The van der Waals surface area contributed by atoms with Crippen molar-refractivity contribution in [2.75, 3.05) is 12.8 Å². The van der Waals surface area contributed by atoms with Crippen LogP contribution < -0.4 is 5.63 Å². The summed E-state index contributed by atoms with van der Waals surface area (Å²) < 4.78 is 10.2. The lowest BCUT2D eigenvalue weighted by atomic mass is 10.0. The van der Waals surface area contributed by atoms with E-state index in [9.17, 15) is 4.79 Å². The monoisotopic (exact) mass is 508 g/mol. The Bertz CT molecular complexity index is 1690. The first-order valence-electron chi connectivity index (χ1n) is 12.6. The van der Waals surface area contributed by atoms with Crippen molar-refractivity contribution in [2.45, 2.75) is 46.8 Å². The molecule has 4 heterocycles. The van der Waals surface area contributed by atoms with Gasteiger partial charge in [0.25, 0.3) is 0 Å². The molecule has 0 saturated heterocycles. The van der Waals surface area contributed by atoms with Gasteiger partial charge in [-0.15, -0.1) is 0 Å². The zero-order chi connectivity index (χ0) is 26.3. The number of likely N-dealkylation sites (N-methyl/N-ethyl adjacent to an activating group) is 1. The highest BCUT2D eigenvalue weighted by Crippen LogP contribution is 2.34. The van der Waals surface area contributed by atoms with E-state index in [1.54, 1.807) is 0 Å². The van der Waals surface area contributed by atoms with Crippen LogP contribution in [0.25, 0.3) is 17.0 Å². The summed E-state index contributed by atoms with van der Waals surface area (Å²) in [6.07, 6.45) is 11.3. The Balaban J connectivity index is 1.66. The number of hydrogen-bond donors (Lipinski definition) is 0. The molecule has 0 fully saturated rings. The Morgan fingerprint density at radius 2 is 1.95 bits per heavy atom. The topological polar surface area (TPSA) is 36.2 Å². The summed E-state index contributed by atoms with van der Waals surface area (Å²) in [6, 6.07) is 5.98. The Kier molecular flexibility index (Phi) is 6.79. The second-order valence-electron chi connectivity index (χ2n) is 9.71. The fourth-order valence-corrected chi connectivity index (χ4v) is 6.14. The van der Waals surface area contributed by atoms with Crippen molar-refractivity contribution in [3.8, 4) is 11.8 Å². The second kappa shape index (κ2) is 10.0. The normalized spacial score (nSPS) is 20.2. The third kappa shape index (κ3) is 4.63. The van der Waals surface area contributed by atoms with Crippen LogP contribution in [-0.4, -0.2) is 33.9 Å². The van der Waals surface area contributed by atoms with Crippen LogP contribution in [0, 0.1) is 11.8 Å². The number of benzene rings is 1. The first-order chi connectivity index (χ1) is 17.8. The van der Waals surface area contributed by atoms with Crippen molar-refractivity contribution in [2.24, 2.45) is 0 Å². The maximum atomic E-state index is 13.1. The van der Waals surface area contributed by atoms with E-state index < -0.39 is 0 Å². The Morgan fingerprint density at radius 3 is 2.68 bits per heavy atom. The lowest BCUT2D eigenvalue weighted by Crippen LogP contribution is -2.14. The molecule has 4 nitrogen and oxygen atoms in total. The van der Waals surface area contributed by atoms with Gasteiger partial charge in [-0.2, -0.15) is 20.9 Å². The molecule has 0 bridgehead atoms. The molecule has 0 atom stereocenters. The highest BCUT2D eigenvalue weighted by Gasteiger charge is 2.35. The maximum absolute atomic E-state index is 13.1. The standard InChI is InChI=1S/C32H32N2O2S/c1-7-34-23(5)15-21(3)31(34)28(30-20(2)14-22(4)33(30)6)12-11-25-16-26-17-27-19-37-13-9-8-10-24(27)18-29(26)36-32(25)35/h7,11-12,14-18H,9,13,19H2,1-6H3/q+2. The summed E-state index contributed by atoms with van der Waals surface area (Å²) in [7, 11) is 2.09. The summed E-state index contributed by atoms with van der Waals surface area (Å²) in [5.41, 5.74) is 11.0. The van der Waals surface area contributed by atoms with E-state index in [1.807, 2.05) is 36.9 Å². The molecule has 186 valence electrons. The van der Waals surface area contributed by atoms with Crippen LogP contribution in [-0.2, 0) is 5.75 Å². The van der Waals surface area contributed by atoms with Crippen LogP contribution in [0.2, 0.25) is 0 Å². The molecule has 0 unspecified atom stereocenters. The molecular weight excluding hydrogens is 476 g/mol. The summed E-state index contributed by atoms with van der Waals surface area (Å²) in [6.45, 7) is 10.6. The predicted octanol–water partition coefficient (Wildman–Crippen LogP) is 6.41. The number of fused-ring (bicyclic) bond motifs is 2. The zero-order valence-electron chi connectivity index (χ0n) is 22.4. The van der Waals surface area contributed by atoms with E-state index in [4.69, 9.17) is 4.42 Å². The predicted molar refractivity (Wildman–Crippen MR) is 155 cm³/mol. The minimum absolute atomic E-state index is 0.346. The minimum Gasteiger partial charge on any atom is -0.422 e. The summed E-state index contributed by atoms with van der Waals surface area (Å²) >= 11 is 1.89. The van der Waals surface area contributed by atoms with Crippen LogP contribution in [0.5, 0.6) is 0 Å². The molecule has 1 aromatic heterocycles. The maximum Gasteiger partial charge on any atom is 0.343 e. The van der Waals surface area contributed by atoms with Crippen molar-refractivity contribution in [3.63, 3.8) is 0 Å². The fourth-order valence-electron chi connectivity index (χ4n) is 5.29. The molecule has 3 aliphatic rings. The third-order valence-corrected chi connectivity index (χ3v) is 8.13. The van der Waals surface area contributed by atoms with Gasteiger partial charge in [0.1, 0.15) is 24.4 Å². The smallest absolute Gasteiger partial charge is 0.343 e. The van der Waals surface area contributed by atoms with E-state index in [0.717, 1.165) is 45.8 Å². The average molecular weight is 509 g/mol. The Morgan fingerprint density at radius 1 is 1.14 bits per heavy atom. The molecule has 0 radical (unpaired) electrons. The van der Waals surface area contributed by atoms with Gasteiger partial charge in [0.05, 0.1) is 5.56 Å². The summed E-state index contributed by atoms with van der Waals surface area (Å²) in [4.78, 5) is 13.1. The summed E-state index contributed by atoms with van der Waals surface area (Å²) in [5, 5.41) is 0.922. The molecule has 0 amide bonds. The highest BCUT2D eigenvalue weighted by molar-refractivity contribution is 7.98. The largest absolute Gasteiger partial charge is 0.422 e. The van der Waals surface area contributed by atoms with Crippen molar-refractivity contribution in [1.29, 1.82) is 0 Å². The lowest BCUT2D eigenvalue weighted by Gasteiger charge is -2.09. The molecule has 5 rings (SSSR count). The first kappa shape index (κ1) is 25.0. The zero-order valence-corrected chi connectivity index (χ0v) is 23.2. The van der Waals surface area contributed by atoms with Gasteiger partial charge in [0, 0.05) is 72.9 Å². The van der Waals surface area contributed by atoms with Gasteiger partial charge < -0.3 is 4.42 Å². The van der Waals surface area contributed by atoms with Gasteiger partial charge >= 0.3 is 5.63 Å². The Labute approximate surface area is 222 Å². The quantitative estimate of drug-likeness (QED) is 0.273. The van der Waals surface area contributed by atoms with E-state index in [0.29, 0.717) is 11.1 Å². The molecule has 1 aromatic carbocycles. The molecule has 0 spiro atoms. The molecular formula is C32H32N2O2S+2. The SMILES string of the molecule is CC=[N+]1C(C)=CC(C)=C1C(C=Cc1cc2cc3c(cc2oc1=O)C#CCCSC3)=C1C(C)=CC(C)=[N+]1C. The number of nitrogens with zero attached hydrogens (tertiary/aromatic N) is 2. The number of allylic oxidation sites excluding steroid dienone is 6. The van der Waals surface area contributed by atoms with Crippen LogP contribution in [0.4, 0.5) is 0 Å². The Hall–Kier alpha value is -3.62. The van der Waals surface area contributed by atoms with Crippen molar-refractivity contribution >= 4 is 40.7 Å². The van der Waals surface area contributed by atoms with Gasteiger partial charge in [-0.25, -0.2) is 4.79 Å². The highest BCUT2D eigenvalue weighted by atomic mass is 32.2. The van der Waals surface area contributed by atoms with Gasteiger partial charge in [-0.05, 0) is 49.8 Å². The number of hydrogen-bond acceptors (Lipinski definition) is 3. The van der Waals surface area contributed by atoms with Crippen LogP contribution in [0.1, 0.15) is 57.7 Å². The van der Waals surface area contributed by atoms with E-state index >= 15 is 0 Å². The lowest BCUT2D eigenvalue weighted by molar-refractivity contribution is -0.441. The average Bonchev–Trinajstić information content (AvgIpc) is 3.27. The minimum atomic E-state index is -0.346. The van der Waals surface area contributed by atoms with Gasteiger partial charge in [0.2, 0.25) is 11.4 Å². The van der Waals surface area contributed by atoms with E-state index in [-0.39, 0.29) is 5.63 Å². The van der Waals surface area contributed by atoms with E-state index in [2.05, 4.69) is 86.2 Å². The molecule has 37 heavy (non-hydrogen) atoms. The number of rotatable bonds is 3. The van der Waals surface area contributed by atoms with E-state index in [1.165, 1.54) is 28.1 Å². The van der Waals surface area contributed by atoms with Crippen LogP contribution in [0.15, 0.2) is 79.4 Å². The fraction of sp³-hybridized carbons (Fsp3) is 0.281. The number of thioether (sulfide) groups is 1. The van der Waals surface area contributed by atoms with Crippen molar-refractivity contribution in [1.82, 2.24) is 0 Å². The molecule has 0 saturated carbocycles. The van der Waals surface area contributed by atoms with Gasteiger partial charge in [-0.3, -0.25) is 0 Å². The van der Waals surface area contributed by atoms with Crippen LogP contribution >= 0.6 is 11.8 Å². The molecule has 2 aromatic rings.